The first-order valence-electron chi connectivity index (χ1n) is 8.59. The van der Waals surface area contributed by atoms with E-state index in [0.29, 0.717) is 5.91 Å². The van der Waals surface area contributed by atoms with Crippen LogP contribution >= 0.6 is 11.6 Å². The molecule has 1 amide bonds. The molecule has 0 bridgehead atoms. The number of carbonyl (C=O) groups excluding carboxylic acids is 1. The van der Waals surface area contributed by atoms with E-state index in [-0.39, 0.29) is 5.92 Å². The molecule has 2 atom stereocenters. The van der Waals surface area contributed by atoms with Gasteiger partial charge in [-0.25, -0.2) is 0 Å². The maximum atomic E-state index is 12.7. The Bertz CT molecular complexity index is 514. The highest BCUT2D eigenvalue weighted by Gasteiger charge is 2.32. The molecule has 2 aliphatic rings. The molecule has 2 fully saturated rings. The molecule has 1 N–H and O–H groups in total. The summed E-state index contributed by atoms with van der Waals surface area (Å²) in [5, 5.41) is 0.801. The van der Waals surface area contributed by atoms with Gasteiger partial charge in [-0.3, -0.25) is 4.79 Å². The number of carbonyl (C=O) groups is 1. The van der Waals surface area contributed by atoms with Crippen molar-refractivity contribution in [2.45, 2.75) is 38.6 Å². The molecule has 120 valence electrons. The van der Waals surface area contributed by atoms with E-state index >= 15 is 0 Å². The van der Waals surface area contributed by atoms with E-state index in [0.717, 1.165) is 50.6 Å². The number of amides is 1. The fourth-order valence-electron chi connectivity index (χ4n) is 3.83. The van der Waals surface area contributed by atoms with E-state index in [1.54, 1.807) is 0 Å². The maximum absolute atomic E-state index is 12.7. The normalized spacial score (nSPS) is 26.0. The van der Waals surface area contributed by atoms with Gasteiger partial charge in [0.05, 0.1) is 19.0 Å². The first kappa shape index (κ1) is 15.8. The van der Waals surface area contributed by atoms with E-state index in [1.807, 2.05) is 18.2 Å². The lowest BCUT2D eigenvalue weighted by atomic mass is 9.95. The molecule has 3 rings (SSSR count). The van der Waals surface area contributed by atoms with Crippen LogP contribution in [0.3, 0.4) is 0 Å². The Balaban J connectivity index is 1.57. The first-order chi connectivity index (χ1) is 10.7. The van der Waals surface area contributed by atoms with E-state index in [2.05, 4.69) is 11.0 Å². The molecule has 1 aromatic rings. The Morgan fingerprint density at radius 1 is 1.23 bits per heavy atom. The van der Waals surface area contributed by atoms with Crippen LogP contribution in [0.5, 0.6) is 0 Å². The minimum absolute atomic E-state index is 0.223. The monoisotopic (exact) mass is 321 g/mol. The predicted molar refractivity (Wildman–Crippen MR) is 89.0 cm³/mol. The Kier molecular flexibility index (Phi) is 5.37. The number of hydrogen-bond donors (Lipinski definition) is 1. The maximum Gasteiger partial charge on any atom is 0.231 e. The molecular formula is C18H26ClN2O+. The van der Waals surface area contributed by atoms with Crippen molar-refractivity contribution in [3.8, 4) is 0 Å². The summed E-state index contributed by atoms with van der Waals surface area (Å²) < 4.78 is 0. The summed E-state index contributed by atoms with van der Waals surface area (Å²) in [7, 11) is 0. The number of nitrogens with one attached hydrogen (secondary N) is 1. The third-order valence-electron chi connectivity index (χ3n) is 4.98. The highest BCUT2D eigenvalue weighted by Crippen LogP contribution is 2.17. The minimum atomic E-state index is 0.223. The van der Waals surface area contributed by atoms with E-state index < -0.39 is 0 Å². The van der Waals surface area contributed by atoms with Crippen LogP contribution in [0.1, 0.15) is 37.7 Å². The smallest absolute Gasteiger partial charge is 0.231 e. The van der Waals surface area contributed by atoms with E-state index in [9.17, 15) is 4.79 Å². The van der Waals surface area contributed by atoms with Crippen LogP contribution in [0.25, 0.3) is 0 Å². The van der Waals surface area contributed by atoms with Gasteiger partial charge in [0.25, 0.3) is 0 Å². The lowest BCUT2D eigenvalue weighted by Gasteiger charge is -2.34. The van der Waals surface area contributed by atoms with Gasteiger partial charge in [-0.05, 0) is 44.2 Å². The Labute approximate surface area is 138 Å². The second-order valence-corrected chi connectivity index (χ2v) is 7.17. The van der Waals surface area contributed by atoms with Crippen molar-refractivity contribution in [2.24, 2.45) is 5.92 Å². The quantitative estimate of drug-likeness (QED) is 0.906. The van der Waals surface area contributed by atoms with Gasteiger partial charge in [0.2, 0.25) is 5.91 Å². The molecule has 4 heteroatoms. The number of benzene rings is 1. The number of rotatable bonds is 3. The topological polar surface area (TPSA) is 24.8 Å². The molecular weight excluding hydrogens is 296 g/mol. The summed E-state index contributed by atoms with van der Waals surface area (Å²) in [5.74, 6) is 0.629. The van der Waals surface area contributed by atoms with Gasteiger partial charge in [0.15, 0.2) is 0 Å². The highest BCUT2D eigenvalue weighted by molar-refractivity contribution is 6.30. The molecule has 2 unspecified atom stereocenters. The van der Waals surface area contributed by atoms with Gasteiger partial charge in [0.1, 0.15) is 6.54 Å². The first-order valence-corrected chi connectivity index (χ1v) is 8.97. The van der Waals surface area contributed by atoms with Crippen LogP contribution in [0.2, 0.25) is 5.02 Å². The van der Waals surface area contributed by atoms with Crippen molar-refractivity contribution in [2.75, 3.05) is 26.2 Å². The van der Waals surface area contributed by atoms with Crippen LogP contribution in [-0.4, -0.2) is 37.0 Å². The second kappa shape index (κ2) is 7.47. The summed E-state index contributed by atoms with van der Waals surface area (Å²) in [6, 6.07) is 8.11. The van der Waals surface area contributed by atoms with Crippen LogP contribution in [0.4, 0.5) is 0 Å². The van der Waals surface area contributed by atoms with Crippen LogP contribution < -0.4 is 4.90 Å². The number of halogens is 1. The van der Waals surface area contributed by atoms with Gasteiger partial charge in [-0.2, -0.15) is 0 Å². The van der Waals surface area contributed by atoms with Gasteiger partial charge < -0.3 is 9.80 Å². The number of hydrogen-bond acceptors (Lipinski definition) is 1. The fraction of sp³-hybridized carbons (Fsp3) is 0.611. The lowest BCUT2D eigenvalue weighted by Crippen LogP contribution is -3.12. The summed E-state index contributed by atoms with van der Waals surface area (Å²) in [4.78, 5) is 16.3. The largest absolute Gasteiger partial charge is 0.342 e. The molecule has 0 aliphatic carbocycles. The van der Waals surface area contributed by atoms with Crippen LogP contribution in [-0.2, 0) is 11.3 Å². The van der Waals surface area contributed by atoms with Gasteiger partial charge in [-0.1, -0.05) is 23.7 Å². The molecule has 0 spiro atoms. The Hall–Kier alpha value is -1.06. The summed E-state index contributed by atoms with van der Waals surface area (Å²) in [5.41, 5.74) is 1.27. The van der Waals surface area contributed by atoms with Crippen LogP contribution in [0.15, 0.2) is 24.3 Å². The third-order valence-corrected chi connectivity index (χ3v) is 5.21. The zero-order valence-electron chi connectivity index (χ0n) is 13.2. The number of likely N-dealkylation sites (tertiary alicyclic amines) is 2. The van der Waals surface area contributed by atoms with E-state index in [1.165, 1.54) is 29.7 Å². The van der Waals surface area contributed by atoms with Crippen molar-refractivity contribution in [1.82, 2.24) is 4.90 Å². The van der Waals surface area contributed by atoms with Crippen molar-refractivity contribution in [3.63, 3.8) is 0 Å². The number of piperidine rings is 2. The van der Waals surface area contributed by atoms with Gasteiger partial charge in [0, 0.05) is 23.7 Å². The van der Waals surface area contributed by atoms with Gasteiger partial charge in [-0.15, -0.1) is 0 Å². The Morgan fingerprint density at radius 2 is 2.05 bits per heavy atom. The third kappa shape index (κ3) is 4.02. The molecule has 2 saturated heterocycles. The minimum Gasteiger partial charge on any atom is -0.342 e. The zero-order valence-corrected chi connectivity index (χ0v) is 13.9. The van der Waals surface area contributed by atoms with Crippen molar-refractivity contribution < 1.29 is 9.69 Å². The number of nitrogens with zero attached hydrogens (tertiary/aromatic N) is 1. The lowest BCUT2D eigenvalue weighted by molar-refractivity contribution is -0.921. The molecule has 0 saturated carbocycles. The zero-order chi connectivity index (χ0) is 15.4. The summed E-state index contributed by atoms with van der Waals surface area (Å²) in [6.45, 7) is 5.06. The molecule has 22 heavy (non-hydrogen) atoms. The Morgan fingerprint density at radius 3 is 2.82 bits per heavy atom. The summed E-state index contributed by atoms with van der Waals surface area (Å²) >= 11 is 6.07. The van der Waals surface area contributed by atoms with Crippen LogP contribution in [0, 0.1) is 5.92 Å². The predicted octanol–water partition coefficient (Wildman–Crippen LogP) is 2.15. The van der Waals surface area contributed by atoms with Crippen molar-refractivity contribution in [3.05, 3.63) is 34.9 Å². The highest BCUT2D eigenvalue weighted by atomic mass is 35.5. The average Bonchev–Trinajstić information content (AvgIpc) is 2.55. The molecule has 0 aromatic heterocycles. The molecule has 3 nitrogen and oxygen atoms in total. The average molecular weight is 322 g/mol. The molecule has 2 heterocycles. The molecule has 0 radical (unpaired) electrons. The SMILES string of the molecule is O=C(C1CCC[NH+](Cc2cccc(Cl)c2)C1)N1CCCCC1. The molecule has 1 aromatic carbocycles. The van der Waals surface area contributed by atoms with E-state index in [4.69, 9.17) is 11.6 Å². The van der Waals surface area contributed by atoms with Crippen molar-refractivity contribution in [1.29, 1.82) is 0 Å². The summed E-state index contributed by atoms with van der Waals surface area (Å²) in [6.07, 6.45) is 5.85. The van der Waals surface area contributed by atoms with Crippen molar-refractivity contribution >= 4 is 17.5 Å². The van der Waals surface area contributed by atoms with Gasteiger partial charge >= 0.3 is 0 Å². The standard InChI is InChI=1S/C18H25ClN2O/c19-17-8-4-6-15(12-17)13-20-9-5-7-16(14-20)18(22)21-10-2-1-3-11-21/h4,6,8,12,16H,1-3,5,7,9-11,13-14H2/p+1. The number of quaternary nitrogens is 1. The molecule has 2 aliphatic heterocycles. The fourth-order valence-corrected chi connectivity index (χ4v) is 4.04. The second-order valence-electron chi connectivity index (χ2n) is 6.74.